The van der Waals surface area contributed by atoms with E-state index in [1.807, 2.05) is 0 Å². The summed E-state index contributed by atoms with van der Waals surface area (Å²) in [6.45, 7) is 0. The zero-order chi connectivity index (χ0) is 9.84. The van der Waals surface area contributed by atoms with Crippen LogP contribution in [0.1, 0.15) is 5.56 Å². The zero-order valence-corrected chi connectivity index (χ0v) is 8.41. The van der Waals surface area contributed by atoms with E-state index in [2.05, 4.69) is 15.9 Å². The van der Waals surface area contributed by atoms with Gasteiger partial charge in [-0.15, -0.1) is 0 Å². The van der Waals surface area contributed by atoms with Crippen LogP contribution in [0.3, 0.4) is 0 Å². The van der Waals surface area contributed by atoms with Gasteiger partial charge in [0.05, 0.1) is 5.33 Å². The highest BCUT2D eigenvalue weighted by Crippen LogP contribution is 2.20. The summed E-state index contributed by atoms with van der Waals surface area (Å²) in [6.07, 6.45) is 0.215. The molecule has 1 aromatic carbocycles. The number of phenols is 2. The second-order valence-corrected chi connectivity index (χ2v) is 3.27. The van der Waals surface area contributed by atoms with Crippen LogP contribution in [0.2, 0.25) is 0 Å². The third-order valence-electron chi connectivity index (χ3n) is 1.51. The molecule has 0 aromatic heterocycles. The van der Waals surface area contributed by atoms with Crippen LogP contribution < -0.4 is 0 Å². The Hall–Kier alpha value is -1.03. The molecule has 13 heavy (non-hydrogen) atoms. The van der Waals surface area contributed by atoms with Gasteiger partial charge in [-0.05, 0) is 17.7 Å². The average molecular weight is 245 g/mol. The van der Waals surface area contributed by atoms with E-state index in [0.29, 0.717) is 5.56 Å². The first kappa shape index (κ1) is 10.1. The first-order valence-electron chi connectivity index (χ1n) is 3.71. The molecule has 0 unspecified atom stereocenters. The molecule has 4 heteroatoms. The monoisotopic (exact) mass is 244 g/mol. The Morgan fingerprint density at radius 3 is 2.23 bits per heavy atom. The molecule has 1 rings (SSSR count). The van der Waals surface area contributed by atoms with Crippen LogP contribution in [0.15, 0.2) is 18.2 Å². The molecule has 2 N–H and O–H groups in total. The van der Waals surface area contributed by atoms with Gasteiger partial charge < -0.3 is 10.2 Å². The van der Waals surface area contributed by atoms with E-state index in [0.717, 1.165) is 0 Å². The minimum atomic E-state index is -0.0302. The van der Waals surface area contributed by atoms with Crippen molar-refractivity contribution in [2.75, 3.05) is 5.33 Å². The average Bonchev–Trinajstić information content (AvgIpc) is 2.02. The lowest BCUT2D eigenvalue weighted by molar-refractivity contribution is -0.115. The summed E-state index contributed by atoms with van der Waals surface area (Å²) >= 11 is 3.03. The number of hydrogen-bond acceptors (Lipinski definition) is 3. The minimum Gasteiger partial charge on any atom is -0.508 e. The van der Waals surface area contributed by atoms with Crippen LogP contribution in [0, 0.1) is 0 Å². The number of carbonyl (C=O) groups is 1. The number of halogens is 1. The largest absolute Gasteiger partial charge is 0.508 e. The maximum Gasteiger partial charge on any atom is 0.147 e. The van der Waals surface area contributed by atoms with Crippen LogP contribution in [-0.2, 0) is 11.2 Å². The summed E-state index contributed by atoms with van der Waals surface area (Å²) in [7, 11) is 0. The van der Waals surface area contributed by atoms with Crippen molar-refractivity contribution < 1.29 is 15.0 Å². The maximum atomic E-state index is 11.0. The number of ketones is 1. The molecule has 0 aliphatic heterocycles. The van der Waals surface area contributed by atoms with Gasteiger partial charge in [0.1, 0.15) is 17.3 Å². The predicted molar refractivity (Wildman–Crippen MR) is 52.3 cm³/mol. The Morgan fingerprint density at radius 2 is 1.77 bits per heavy atom. The van der Waals surface area contributed by atoms with E-state index in [4.69, 9.17) is 10.2 Å². The quantitative estimate of drug-likeness (QED) is 0.795. The van der Waals surface area contributed by atoms with Gasteiger partial charge in [-0.3, -0.25) is 4.79 Å². The number of benzene rings is 1. The topological polar surface area (TPSA) is 57.5 Å². The van der Waals surface area contributed by atoms with E-state index < -0.39 is 0 Å². The molecule has 0 saturated carbocycles. The fraction of sp³-hybridized carbons (Fsp3) is 0.222. The lowest BCUT2D eigenvalue weighted by Crippen LogP contribution is -2.02. The summed E-state index contributed by atoms with van der Waals surface area (Å²) < 4.78 is 0. The summed E-state index contributed by atoms with van der Waals surface area (Å²) in [5.74, 6) is -0.0558. The van der Waals surface area contributed by atoms with Crippen molar-refractivity contribution in [2.24, 2.45) is 0 Å². The third kappa shape index (κ3) is 3.06. The van der Waals surface area contributed by atoms with Crippen molar-refractivity contribution in [3.05, 3.63) is 23.8 Å². The van der Waals surface area contributed by atoms with Crippen LogP contribution >= 0.6 is 15.9 Å². The zero-order valence-electron chi connectivity index (χ0n) is 6.83. The Labute approximate surface area is 84.1 Å². The highest BCUT2D eigenvalue weighted by atomic mass is 79.9. The molecule has 1 aromatic rings. The van der Waals surface area contributed by atoms with Crippen molar-refractivity contribution in [2.45, 2.75) is 6.42 Å². The minimum absolute atomic E-state index is 0.00463. The summed E-state index contributed by atoms with van der Waals surface area (Å²) in [4.78, 5) is 11.0. The smallest absolute Gasteiger partial charge is 0.147 e. The Bertz CT molecular complexity index is 302. The summed E-state index contributed by atoms with van der Waals surface area (Å²) in [5, 5.41) is 18.5. The van der Waals surface area contributed by atoms with Gasteiger partial charge in [0.2, 0.25) is 0 Å². The first-order chi connectivity index (χ1) is 6.11. The van der Waals surface area contributed by atoms with E-state index in [1.165, 1.54) is 18.2 Å². The molecule has 0 saturated heterocycles. The second kappa shape index (κ2) is 4.28. The maximum absolute atomic E-state index is 11.0. The van der Waals surface area contributed by atoms with Crippen LogP contribution in [0.4, 0.5) is 0 Å². The number of carbonyl (C=O) groups excluding carboxylic acids is 1. The fourth-order valence-corrected chi connectivity index (χ4v) is 1.23. The molecular weight excluding hydrogens is 236 g/mol. The van der Waals surface area contributed by atoms with Crippen molar-refractivity contribution in [1.29, 1.82) is 0 Å². The van der Waals surface area contributed by atoms with Gasteiger partial charge in [0, 0.05) is 12.5 Å². The number of Topliss-reactive ketones (excluding diaryl/α,β-unsaturated/α-hetero) is 1. The van der Waals surface area contributed by atoms with E-state index >= 15 is 0 Å². The molecule has 0 aliphatic rings. The molecule has 0 fully saturated rings. The standard InChI is InChI=1S/C9H9BrO3/c10-5-9(13)3-6-1-7(11)4-8(12)2-6/h1-2,4,11-12H,3,5H2. The van der Waals surface area contributed by atoms with Gasteiger partial charge >= 0.3 is 0 Å². The van der Waals surface area contributed by atoms with Crippen molar-refractivity contribution in [3.63, 3.8) is 0 Å². The van der Waals surface area contributed by atoms with Crippen LogP contribution in [0.25, 0.3) is 0 Å². The molecule has 0 radical (unpaired) electrons. The van der Waals surface area contributed by atoms with Gasteiger partial charge in [0.25, 0.3) is 0 Å². The summed E-state index contributed by atoms with van der Waals surface area (Å²) in [5.41, 5.74) is 0.613. The number of phenolic OH excluding ortho intramolecular Hbond substituents is 2. The fourth-order valence-electron chi connectivity index (χ4n) is 1.03. The van der Waals surface area contributed by atoms with Crippen molar-refractivity contribution in [1.82, 2.24) is 0 Å². The molecule has 0 spiro atoms. The van der Waals surface area contributed by atoms with Crippen LogP contribution in [0.5, 0.6) is 11.5 Å². The SMILES string of the molecule is O=C(CBr)Cc1cc(O)cc(O)c1. The first-order valence-corrected chi connectivity index (χ1v) is 4.83. The normalized spacial score (nSPS) is 9.92. The van der Waals surface area contributed by atoms with Gasteiger partial charge in [0.15, 0.2) is 0 Å². The number of hydrogen-bond donors (Lipinski definition) is 2. The molecule has 0 bridgehead atoms. The highest BCUT2D eigenvalue weighted by Gasteiger charge is 2.04. The van der Waals surface area contributed by atoms with Crippen LogP contribution in [-0.4, -0.2) is 21.3 Å². The third-order valence-corrected chi connectivity index (χ3v) is 2.14. The summed E-state index contributed by atoms with van der Waals surface area (Å²) in [6, 6.07) is 4.14. The molecule has 3 nitrogen and oxygen atoms in total. The molecule has 0 heterocycles. The second-order valence-electron chi connectivity index (χ2n) is 2.71. The van der Waals surface area contributed by atoms with Crippen molar-refractivity contribution >= 4 is 21.7 Å². The van der Waals surface area contributed by atoms with Gasteiger partial charge in [-0.2, -0.15) is 0 Å². The van der Waals surface area contributed by atoms with Gasteiger partial charge in [-0.25, -0.2) is 0 Å². The number of aromatic hydroxyl groups is 2. The predicted octanol–water partition coefficient (Wildman–Crippen LogP) is 1.60. The molecule has 70 valence electrons. The van der Waals surface area contributed by atoms with E-state index in [1.54, 1.807) is 0 Å². The lowest BCUT2D eigenvalue weighted by Gasteiger charge is -2.01. The molecule has 0 aliphatic carbocycles. The van der Waals surface area contributed by atoms with Crippen molar-refractivity contribution in [3.8, 4) is 11.5 Å². The van der Waals surface area contributed by atoms with E-state index in [-0.39, 0.29) is 29.0 Å². The van der Waals surface area contributed by atoms with E-state index in [9.17, 15) is 4.79 Å². The molecule has 0 amide bonds. The highest BCUT2D eigenvalue weighted by molar-refractivity contribution is 9.09. The van der Waals surface area contributed by atoms with Gasteiger partial charge in [-0.1, -0.05) is 15.9 Å². The Kier molecular flexibility index (Phi) is 3.31. The lowest BCUT2D eigenvalue weighted by atomic mass is 10.1. The molecule has 0 atom stereocenters. The number of alkyl halides is 1. The molecular formula is C9H9BrO3. The Balaban J connectivity index is 2.83. The number of rotatable bonds is 3. The Morgan fingerprint density at radius 1 is 1.23 bits per heavy atom.